The first-order chi connectivity index (χ1) is 35.1. The summed E-state index contributed by atoms with van der Waals surface area (Å²) in [6.45, 7) is 8.15. The standard InChI is InChI=1S/C63H44F6N4/c1-37-23-27-46(39(3)31-37)43-25-29-56-50(33-43)51-34-44(47-28-24-38(2)32-40(47)4)26-30-57(51)73(56)58-52(48-19-11-13-21-54(48)62(64,65)66)35-45(36-53(58)49-20-12-14-22-55(49)63(67,68)69)61-71-59(41-15-7-5-8-16-41)70-60(72-61)42-17-9-6-10-18-42/h5-36H,1-4H3. The van der Waals surface area contributed by atoms with Gasteiger partial charge in [-0.25, -0.2) is 15.0 Å². The summed E-state index contributed by atoms with van der Waals surface area (Å²) in [4.78, 5) is 14.7. The first-order valence-electron chi connectivity index (χ1n) is 23.7. The highest BCUT2D eigenvalue weighted by molar-refractivity contribution is 6.13. The Balaban J connectivity index is 1.32. The predicted molar refractivity (Wildman–Crippen MR) is 281 cm³/mol. The smallest absolute Gasteiger partial charge is 0.308 e. The third-order valence-corrected chi connectivity index (χ3v) is 13.5. The van der Waals surface area contributed by atoms with E-state index in [-0.39, 0.29) is 51.0 Å². The lowest BCUT2D eigenvalue weighted by atomic mass is 9.88. The Bertz CT molecular complexity index is 3680. The molecule has 0 aliphatic rings. The van der Waals surface area contributed by atoms with E-state index >= 15 is 26.3 Å². The van der Waals surface area contributed by atoms with Crippen molar-refractivity contribution in [3.63, 3.8) is 0 Å². The monoisotopic (exact) mass is 970 g/mol. The summed E-state index contributed by atoms with van der Waals surface area (Å²) in [6.07, 6.45) is -9.74. The highest BCUT2D eigenvalue weighted by atomic mass is 19.4. The van der Waals surface area contributed by atoms with Gasteiger partial charge in [0.05, 0.1) is 27.8 Å². The van der Waals surface area contributed by atoms with Crippen molar-refractivity contribution in [1.29, 1.82) is 0 Å². The highest BCUT2D eigenvalue weighted by Gasteiger charge is 2.37. The van der Waals surface area contributed by atoms with Crippen LogP contribution in [0.15, 0.2) is 194 Å². The molecule has 4 nitrogen and oxygen atoms in total. The van der Waals surface area contributed by atoms with E-state index in [0.29, 0.717) is 22.2 Å². The average molecular weight is 971 g/mol. The fraction of sp³-hybridized carbons (Fsp3) is 0.0952. The first kappa shape index (κ1) is 46.7. The van der Waals surface area contributed by atoms with E-state index in [9.17, 15) is 0 Å². The lowest BCUT2D eigenvalue weighted by Gasteiger charge is -2.24. The number of fused-ring (bicyclic) bond motifs is 3. The molecule has 10 heteroatoms. The van der Waals surface area contributed by atoms with Crippen molar-refractivity contribution in [2.24, 2.45) is 0 Å². The maximum Gasteiger partial charge on any atom is 0.417 e. The molecule has 0 N–H and O–H groups in total. The van der Waals surface area contributed by atoms with Gasteiger partial charge in [-0.15, -0.1) is 0 Å². The number of alkyl halides is 6. The summed E-state index contributed by atoms with van der Waals surface area (Å²) < 4.78 is 95.4. The molecular weight excluding hydrogens is 927 g/mol. The molecule has 0 aliphatic carbocycles. The van der Waals surface area contributed by atoms with Crippen molar-refractivity contribution in [1.82, 2.24) is 19.5 Å². The van der Waals surface area contributed by atoms with Gasteiger partial charge in [0.1, 0.15) is 0 Å². The zero-order chi connectivity index (χ0) is 50.8. The lowest BCUT2D eigenvalue weighted by Crippen LogP contribution is -2.11. The van der Waals surface area contributed by atoms with Crippen molar-refractivity contribution in [2.75, 3.05) is 0 Å². The van der Waals surface area contributed by atoms with E-state index in [1.54, 1.807) is 12.1 Å². The first-order valence-corrected chi connectivity index (χ1v) is 23.7. The number of hydrogen-bond donors (Lipinski definition) is 0. The van der Waals surface area contributed by atoms with Crippen LogP contribution < -0.4 is 0 Å². The molecule has 11 aromatic rings. The zero-order valence-corrected chi connectivity index (χ0v) is 40.0. The molecular formula is C63H44F6N4. The normalized spacial score (nSPS) is 12.0. The minimum absolute atomic E-state index is 0.0102. The third kappa shape index (κ3) is 8.73. The van der Waals surface area contributed by atoms with Gasteiger partial charge < -0.3 is 4.57 Å². The summed E-state index contributed by atoms with van der Waals surface area (Å²) in [5.41, 5.74) is 8.39. The van der Waals surface area contributed by atoms with Gasteiger partial charge in [-0.1, -0.05) is 157 Å². The van der Waals surface area contributed by atoms with Crippen LogP contribution in [-0.2, 0) is 12.4 Å². The van der Waals surface area contributed by atoms with E-state index < -0.39 is 23.5 Å². The third-order valence-electron chi connectivity index (χ3n) is 13.5. The summed E-state index contributed by atoms with van der Waals surface area (Å²) >= 11 is 0. The molecule has 0 saturated carbocycles. The molecule has 0 radical (unpaired) electrons. The molecule has 358 valence electrons. The molecule has 9 aromatic carbocycles. The summed E-state index contributed by atoms with van der Waals surface area (Å²) in [6, 6.07) is 56.1. The van der Waals surface area contributed by atoms with Gasteiger partial charge in [0.15, 0.2) is 17.5 Å². The Morgan fingerprint density at radius 2 is 0.712 bits per heavy atom. The minimum Gasteiger partial charge on any atom is -0.308 e. The summed E-state index contributed by atoms with van der Waals surface area (Å²) in [7, 11) is 0. The van der Waals surface area contributed by atoms with Crippen LogP contribution in [0.5, 0.6) is 0 Å². The second-order valence-corrected chi connectivity index (χ2v) is 18.5. The Kier molecular flexibility index (Phi) is 11.7. The van der Waals surface area contributed by atoms with E-state index in [2.05, 4.69) is 36.4 Å². The lowest BCUT2D eigenvalue weighted by molar-refractivity contribution is -0.137. The van der Waals surface area contributed by atoms with Gasteiger partial charge in [-0.05, 0) is 121 Å². The van der Waals surface area contributed by atoms with Crippen LogP contribution in [0.2, 0.25) is 0 Å². The van der Waals surface area contributed by atoms with Crippen LogP contribution in [-0.4, -0.2) is 19.5 Å². The molecule has 0 atom stereocenters. The summed E-state index contributed by atoms with van der Waals surface area (Å²) in [5.74, 6) is 0.587. The van der Waals surface area contributed by atoms with Gasteiger partial charge in [-0.3, -0.25) is 0 Å². The van der Waals surface area contributed by atoms with Gasteiger partial charge >= 0.3 is 12.4 Å². The quantitative estimate of drug-likeness (QED) is 0.143. The van der Waals surface area contributed by atoms with Crippen molar-refractivity contribution in [3.8, 4) is 84.4 Å². The topological polar surface area (TPSA) is 43.6 Å². The largest absolute Gasteiger partial charge is 0.417 e. The fourth-order valence-electron chi connectivity index (χ4n) is 10.2. The van der Waals surface area contributed by atoms with Crippen LogP contribution in [0, 0.1) is 27.7 Å². The number of halogens is 6. The number of aromatic nitrogens is 4. The molecule has 0 aliphatic heterocycles. The molecule has 11 rings (SSSR count). The van der Waals surface area contributed by atoms with Crippen molar-refractivity contribution in [3.05, 3.63) is 228 Å². The van der Waals surface area contributed by atoms with E-state index in [0.717, 1.165) is 67.4 Å². The molecule has 2 heterocycles. The van der Waals surface area contributed by atoms with Crippen molar-refractivity contribution >= 4 is 21.8 Å². The minimum atomic E-state index is -4.87. The number of hydrogen-bond acceptors (Lipinski definition) is 3. The van der Waals surface area contributed by atoms with Crippen LogP contribution in [0.3, 0.4) is 0 Å². The summed E-state index contributed by atoms with van der Waals surface area (Å²) in [5, 5.41) is 1.51. The highest BCUT2D eigenvalue weighted by Crippen LogP contribution is 2.49. The van der Waals surface area contributed by atoms with Crippen LogP contribution >= 0.6 is 0 Å². The second-order valence-electron chi connectivity index (χ2n) is 18.5. The molecule has 0 spiro atoms. The van der Waals surface area contributed by atoms with E-state index in [1.165, 1.54) is 36.4 Å². The van der Waals surface area contributed by atoms with Gasteiger partial charge in [-0.2, -0.15) is 26.3 Å². The zero-order valence-electron chi connectivity index (χ0n) is 40.0. The molecule has 73 heavy (non-hydrogen) atoms. The molecule has 0 fully saturated rings. The molecule has 0 amide bonds. The van der Waals surface area contributed by atoms with Crippen LogP contribution in [0.4, 0.5) is 26.3 Å². The maximum atomic E-state index is 15.6. The Morgan fingerprint density at radius 3 is 1.11 bits per heavy atom. The Morgan fingerprint density at radius 1 is 0.329 bits per heavy atom. The van der Waals surface area contributed by atoms with Crippen LogP contribution in [0.1, 0.15) is 33.4 Å². The number of nitrogens with zero attached hydrogens (tertiary/aromatic N) is 4. The van der Waals surface area contributed by atoms with E-state index in [4.69, 9.17) is 15.0 Å². The maximum absolute atomic E-state index is 15.6. The van der Waals surface area contributed by atoms with Crippen molar-refractivity contribution in [2.45, 2.75) is 40.0 Å². The molecule has 2 aromatic heterocycles. The Hall–Kier alpha value is -8.63. The fourth-order valence-corrected chi connectivity index (χ4v) is 10.2. The number of aryl methyl sites for hydroxylation is 4. The number of benzene rings is 9. The predicted octanol–water partition coefficient (Wildman–Crippen LogP) is 17.9. The average Bonchev–Trinajstić information content (AvgIpc) is 3.71. The van der Waals surface area contributed by atoms with E-state index in [1.807, 2.05) is 129 Å². The van der Waals surface area contributed by atoms with Gasteiger partial charge in [0.2, 0.25) is 0 Å². The SMILES string of the molecule is Cc1ccc(-c2ccc3c(c2)c2cc(-c4ccc(C)cc4C)ccc2n3-c2c(-c3ccccc3C(F)(F)F)cc(-c3nc(-c4ccccc4)nc(-c4ccccc4)n3)cc2-c2ccccc2C(F)(F)F)c(C)c1. The van der Waals surface area contributed by atoms with Crippen LogP contribution in [0.25, 0.3) is 106 Å². The molecule has 0 unspecified atom stereocenters. The Labute approximate surface area is 418 Å². The van der Waals surface area contributed by atoms with Crippen molar-refractivity contribution < 1.29 is 26.3 Å². The molecule has 0 bridgehead atoms. The number of rotatable bonds is 8. The van der Waals surface area contributed by atoms with Gasteiger partial charge in [0, 0.05) is 38.6 Å². The second kappa shape index (κ2) is 18.2. The van der Waals surface area contributed by atoms with Gasteiger partial charge in [0.25, 0.3) is 0 Å². The molecule has 0 saturated heterocycles.